The smallest absolute Gasteiger partial charge is 0.230 e. The Morgan fingerprint density at radius 1 is 1.53 bits per heavy atom. The zero-order valence-electron chi connectivity index (χ0n) is 8.17. The van der Waals surface area contributed by atoms with Gasteiger partial charge in [0, 0.05) is 18.0 Å². The molecule has 0 amide bonds. The molecule has 2 aromatic heterocycles. The van der Waals surface area contributed by atoms with Gasteiger partial charge in [0.25, 0.3) is 0 Å². The average Bonchev–Trinajstić information content (AvgIpc) is 2.73. The molecule has 0 bridgehead atoms. The van der Waals surface area contributed by atoms with Gasteiger partial charge in [-0.05, 0) is 12.1 Å². The van der Waals surface area contributed by atoms with Crippen LogP contribution in [0.25, 0.3) is 10.6 Å². The zero-order valence-corrected chi connectivity index (χ0v) is 8.99. The van der Waals surface area contributed by atoms with Crippen molar-refractivity contribution in [3.05, 3.63) is 29.4 Å². The topological polar surface area (TPSA) is 55.2 Å². The van der Waals surface area contributed by atoms with Crippen LogP contribution in [0.2, 0.25) is 0 Å². The van der Waals surface area contributed by atoms with Crippen molar-refractivity contribution in [3.63, 3.8) is 0 Å². The fourth-order valence-electron chi connectivity index (χ4n) is 1.21. The molecule has 2 heterocycles. The summed E-state index contributed by atoms with van der Waals surface area (Å²) in [6.45, 7) is -0.0545. The first-order valence-corrected chi connectivity index (χ1v) is 5.21. The highest BCUT2D eigenvalue weighted by atomic mass is 32.1. The van der Waals surface area contributed by atoms with Gasteiger partial charge in [-0.1, -0.05) is 0 Å². The normalized spacial score (nSPS) is 10.3. The first-order valence-electron chi connectivity index (χ1n) is 4.40. The lowest BCUT2D eigenvalue weighted by Crippen LogP contribution is -1.87. The van der Waals surface area contributed by atoms with Crippen LogP contribution >= 0.6 is 11.3 Å². The van der Waals surface area contributed by atoms with Crippen molar-refractivity contribution in [1.29, 1.82) is 0 Å². The molecule has 0 aliphatic rings. The third-order valence-electron chi connectivity index (χ3n) is 1.91. The van der Waals surface area contributed by atoms with E-state index in [-0.39, 0.29) is 6.61 Å². The summed E-state index contributed by atoms with van der Waals surface area (Å²) >= 11 is 1.41. The molecule has 0 unspecified atom stereocenters. The lowest BCUT2D eigenvalue weighted by atomic mass is 10.3. The largest absolute Gasteiger partial charge is 0.480 e. The molecule has 0 saturated carbocycles. The van der Waals surface area contributed by atoms with Crippen LogP contribution in [-0.2, 0) is 6.61 Å². The van der Waals surface area contributed by atoms with E-state index in [1.165, 1.54) is 11.3 Å². The van der Waals surface area contributed by atoms with Crippen molar-refractivity contribution in [3.8, 4) is 16.5 Å². The molecule has 15 heavy (non-hydrogen) atoms. The van der Waals surface area contributed by atoms with Gasteiger partial charge in [0.1, 0.15) is 5.01 Å². The predicted octanol–water partition coefficient (Wildman–Crippen LogP) is 1.71. The zero-order chi connectivity index (χ0) is 10.7. The third-order valence-corrected chi connectivity index (χ3v) is 2.98. The van der Waals surface area contributed by atoms with Gasteiger partial charge in [-0.15, -0.1) is 11.3 Å². The lowest BCUT2D eigenvalue weighted by Gasteiger charge is -1.94. The SMILES string of the molecule is COc1nc(-c2cccnc2)sc1CO. The van der Waals surface area contributed by atoms with E-state index in [1.54, 1.807) is 19.5 Å². The molecular formula is C10H10N2O2S. The van der Waals surface area contributed by atoms with Crippen LogP contribution in [0.3, 0.4) is 0 Å². The van der Waals surface area contributed by atoms with E-state index in [1.807, 2.05) is 12.1 Å². The van der Waals surface area contributed by atoms with Gasteiger partial charge in [-0.2, -0.15) is 0 Å². The van der Waals surface area contributed by atoms with Gasteiger partial charge < -0.3 is 9.84 Å². The van der Waals surface area contributed by atoms with E-state index < -0.39 is 0 Å². The predicted molar refractivity (Wildman–Crippen MR) is 57.8 cm³/mol. The standard InChI is InChI=1S/C10H10N2O2S/c1-14-9-8(6-13)15-10(12-9)7-3-2-4-11-5-7/h2-5,13H,6H2,1H3. The Morgan fingerprint density at radius 3 is 2.93 bits per heavy atom. The molecule has 0 spiro atoms. The molecule has 4 nitrogen and oxygen atoms in total. The number of hydrogen-bond acceptors (Lipinski definition) is 5. The molecule has 0 radical (unpaired) electrons. The van der Waals surface area contributed by atoms with Crippen LogP contribution in [0.1, 0.15) is 4.88 Å². The van der Waals surface area contributed by atoms with Gasteiger partial charge in [0.15, 0.2) is 0 Å². The highest BCUT2D eigenvalue weighted by Crippen LogP contribution is 2.31. The summed E-state index contributed by atoms with van der Waals surface area (Å²) in [6, 6.07) is 3.77. The fraction of sp³-hybridized carbons (Fsp3) is 0.200. The first-order chi connectivity index (χ1) is 7.35. The van der Waals surface area contributed by atoms with Crippen molar-refractivity contribution in [2.24, 2.45) is 0 Å². The minimum absolute atomic E-state index is 0.0545. The van der Waals surface area contributed by atoms with Crippen molar-refractivity contribution >= 4 is 11.3 Å². The third kappa shape index (κ3) is 1.98. The summed E-state index contributed by atoms with van der Waals surface area (Å²) in [4.78, 5) is 9.01. The molecule has 0 saturated heterocycles. The van der Waals surface area contributed by atoms with Crippen molar-refractivity contribution in [2.45, 2.75) is 6.61 Å². The number of pyridine rings is 1. The molecular weight excluding hydrogens is 212 g/mol. The molecule has 1 N–H and O–H groups in total. The van der Waals surface area contributed by atoms with Crippen molar-refractivity contribution in [2.75, 3.05) is 7.11 Å². The Morgan fingerprint density at radius 2 is 2.40 bits per heavy atom. The summed E-state index contributed by atoms with van der Waals surface area (Å²) < 4.78 is 5.06. The van der Waals surface area contributed by atoms with E-state index in [0.29, 0.717) is 5.88 Å². The van der Waals surface area contributed by atoms with Crippen LogP contribution in [0.5, 0.6) is 5.88 Å². The van der Waals surface area contributed by atoms with E-state index in [0.717, 1.165) is 15.4 Å². The van der Waals surface area contributed by atoms with E-state index in [2.05, 4.69) is 9.97 Å². The molecule has 2 aromatic rings. The molecule has 0 atom stereocenters. The van der Waals surface area contributed by atoms with Crippen LogP contribution < -0.4 is 4.74 Å². The number of hydrogen-bond donors (Lipinski definition) is 1. The second kappa shape index (κ2) is 4.37. The highest BCUT2D eigenvalue weighted by molar-refractivity contribution is 7.15. The monoisotopic (exact) mass is 222 g/mol. The maximum absolute atomic E-state index is 9.08. The van der Waals surface area contributed by atoms with Crippen LogP contribution in [0.4, 0.5) is 0 Å². The number of aromatic nitrogens is 2. The summed E-state index contributed by atoms with van der Waals surface area (Å²) in [5, 5.41) is 9.89. The minimum atomic E-state index is -0.0545. The highest BCUT2D eigenvalue weighted by Gasteiger charge is 2.11. The Kier molecular flexibility index (Phi) is 2.94. The molecule has 0 fully saturated rings. The summed E-state index contributed by atoms with van der Waals surface area (Å²) in [6.07, 6.45) is 3.45. The summed E-state index contributed by atoms with van der Waals surface area (Å²) in [5.74, 6) is 0.487. The number of rotatable bonds is 3. The van der Waals surface area contributed by atoms with Crippen LogP contribution in [-0.4, -0.2) is 22.2 Å². The maximum atomic E-state index is 9.08. The summed E-state index contributed by atoms with van der Waals surface area (Å²) in [7, 11) is 1.54. The molecule has 0 aromatic carbocycles. The van der Waals surface area contributed by atoms with Gasteiger partial charge >= 0.3 is 0 Å². The number of aliphatic hydroxyl groups is 1. The Balaban J connectivity index is 2.42. The Labute approximate surface area is 91.2 Å². The van der Waals surface area contributed by atoms with E-state index in [4.69, 9.17) is 9.84 Å². The number of methoxy groups -OCH3 is 1. The minimum Gasteiger partial charge on any atom is -0.480 e. The number of ether oxygens (including phenoxy) is 1. The average molecular weight is 222 g/mol. The van der Waals surface area contributed by atoms with Crippen molar-refractivity contribution < 1.29 is 9.84 Å². The number of aliphatic hydroxyl groups excluding tert-OH is 1. The number of thiazole rings is 1. The molecule has 5 heteroatoms. The Hall–Kier alpha value is -1.46. The van der Waals surface area contributed by atoms with Gasteiger partial charge in [0.2, 0.25) is 5.88 Å². The van der Waals surface area contributed by atoms with Crippen LogP contribution in [0, 0.1) is 0 Å². The van der Waals surface area contributed by atoms with Gasteiger partial charge in [-0.3, -0.25) is 4.98 Å². The first kappa shape index (κ1) is 10.1. The van der Waals surface area contributed by atoms with Crippen LogP contribution in [0.15, 0.2) is 24.5 Å². The fourth-order valence-corrected chi connectivity index (χ4v) is 2.09. The Bertz CT molecular complexity index is 420. The molecule has 78 valence electrons. The van der Waals surface area contributed by atoms with Crippen molar-refractivity contribution in [1.82, 2.24) is 9.97 Å². The second-order valence-electron chi connectivity index (χ2n) is 2.85. The van der Waals surface area contributed by atoms with Gasteiger partial charge in [0.05, 0.1) is 18.6 Å². The second-order valence-corrected chi connectivity index (χ2v) is 3.93. The molecule has 2 rings (SSSR count). The maximum Gasteiger partial charge on any atom is 0.230 e. The molecule has 0 aliphatic heterocycles. The lowest BCUT2D eigenvalue weighted by molar-refractivity contribution is 0.276. The summed E-state index contributed by atoms with van der Waals surface area (Å²) in [5.41, 5.74) is 0.931. The quantitative estimate of drug-likeness (QED) is 0.858. The van der Waals surface area contributed by atoms with E-state index in [9.17, 15) is 0 Å². The number of nitrogens with zero attached hydrogens (tertiary/aromatic N) is 2. The molecule has 0 aliphatic carbocycles. The van der Waals surface area contributed by atoms with Gasteiger partial charge in [-0.25, -0.2) is 4.98 Å². The van der Waals surface area contributed by atoms with E-state index >= 15 is 0 Å².